The average Bonchev–Trinajstić information content (AvgIpc) is 2.47. The molecule has 0 aromatic heterocycles. The highest BCUT2D eigenvalue weighted by Crippen LogP contribution is 2.11. The molecule has 0 aromatic carbocycles. The third kappa shape index (κ3) is 14.9. The molecule has 1 unspecified atom stereocenters. The number of allylic oxidation sites excluding steroid dienone is 5. The Morgan fingerprint density at radius 1 is 1.10 bits per heavy atom. The zero-order valence-corrected chi connectivity index (χ0v) is 13.5. The van der Waals surface area contributed by atoms with Crippen LogP contribution < -0.4 is 0 Å². The van der Waals surface area contributed by atoms with Crippen LogP contribution in [0.4, 0.5) is 0 Å². The van der Waals surface area contributed by atoms with Gasteiger partial charge in [0.05, 0.1) is 6.10 Å². The number of hydrogen-bond donors (Lipinski definition) is 1. The number of carboxylic acid groups (broad SMARTS) is 1. The molecule has 21 heavy (non-hydrogen) atoms. The Morgan fingerprint density at radius 2 is 1.81 bits per heavy atom. The Morgan fingerprint density at radius 3 is 2.48 bits per heavy atom. The molecule has 3 nitrogen and oxygen atoms in total. The monoisotopic (exact) mass is 294 g/mol. The van der Waals surface area contributed by atoms with Gasteiger partial charge in [0.2, 0.25) is 0 Å². The molecule has 0 saturated carbocycles. The fraction of sp³-hybridized carbons (Fsp3) is 0.611. The van der Waals surface area contributed by atoms with Crippen molar-refractivity contribution < 1.29 is 14.6 Å². The van der Waals surface area contributed by atoms with Crippen LogP contribution in [-0.4, -0.2) is 24.3 Å². The van der Waals surface area contributed by atoms with Crippen LogP contribution in [0, 0.1) is 0 Å². The quantitative estimate of drug-likeness (QED) is 0.299. The van der Waals surface area contributed by atoms with Crippen molar-refractivity contribution in [3.05, 3.63) is 36.5 Å². The average molecular weight is 294 g/mol. The van der Waals surface area contributed by atoms with Crippen LogP contribution in [0.1, 0.15) is 58.3 Å². The van der Waals surface area contributed by atoms with Crippen LogP contribution in [0.15, 0.2) is 36.5 Å². The van der Waals surface area contributed by atoms with Gasteiger partial charge in [0.25, 0.3) is 0 Å². The highest BCUT2D eigenvalue weighted by molar-refractivity contribution is 5.66. The second-order valence-corrected chi connectivity index (χ2v) is 5.09. The van der Waals surface area contributed by atoms with Crippen molar-refractivity contribution in [3.8, 4) is 0 Å². The van der Waals surface area contributed by atoms with E-state index in [1.165, 1.54) is 0 Å². The lowest BCUT2D eigenvalue weighted by Gasteiger charge is -2.10. The SMILES string of the molecule is CC=CCC=CC=CC(CCCCCCCC(=O)O)OC. The van der Waals surface area contributed by atoms with Crippen LogP contribution in [0.25, 0.3) is 0 Å². The Kier molecular flexibility index (Phi) is 14.1. The minimum absolute atomic E-state index is 0.176. The van der Waals surface area contributed by atoms with Gasteiger partial charge in [0.1, 0.15) is 0 Å². The number of unbranched alkanes of at least 4 members (excludes halogenated alkanes) is 4. The summed E-state index contributed by atoms with van der Waals surface area (Å²) in [4.78, 5) is 10.4. The van der Waals surface area contributed by atoms with Gasteiger partial charge in [-0.25, -0.2) is 0 Å². The summed E-state index contributed by atoms with van der Waals surface area (Å²) in [5.74, 6) is -0.693. The number of carboxylic acids is 1. The third-order valence-electron chi connectivity index (χ3n) is 3.26. The first-order chi connectivity index (χ1) is 10.2. The van der Waals surface area contributed by atoms with Gasteiger partial charge in [-0.2, -0.15) is 0 Å². The van der Waals surface area contributed by atoms with E-state index in [0.717, 1.165) is 44.9 Å². The molecule has 1 atom stereocenters. The second-order valence-electron chi connectivity index (χ2n) is 5.09. The molecule has 3 heteroatoms. The van der Waals surface area contributed by atoms with Crippen molar-refractivity contribution in [1.29, 1.82) is 0 Å². The number of methoxy groups -OCH3 is 1. The highest BCUT2D eigenvalue weighted by atomic mass is 16.5. The van der Waals surface area contributed by atoms with E-state index in [1.807, 2.05) is 19.1 Å². The van der Waals surface area contributed by atoms with Gasteiger partial charge < -0.3 is 9.84 Å². The predicted molar refractivity (Wildman–Crippen MR) is 88.5 cm³/mol. The molecule has 0 heterocycles. The van der Waals surface area contributed by atoms with Crippen molar-refractivity contribution >= 4 is 5.97 Å². The van der Waals surface area contributed by atoms with Crippen LogP contribution >= 0.6 is 0 Å². The maximum absolute atomic E-state index is 10.4. The second kappa shape index (κ2) is 15.0. The van der Waals surface area contributed by atoms with Gasteiger partial charge in [-0.05, 0) is 26.2 Å². The zero-order valence-electron chi connectivity index (χ0n) is 13.5. The minimum atomic E-state index is -0.693. The number of rotatable bonds is 13. The first-order valence-corrected chi connectivity index (χ1v) is 7.89. The van der Waals surface area contributed by atoms with Gasteiger partial charge in [-0.15, -0.1) is 0 Å². The molecule has 0 spiro atoms. The lowest BCUT2D eigenvalue weighted by molar-refractivity contribution is -0.137. The fourth-order valence-electron chi connectivity index (χ4n) is 2.00. The maximum Gasteiger partial charge on any atom is 0.303 e. The fourth-order valence-corrected chi connectivity index (χ4v) is 2.00. The molecule has 0 amide bonds. The molecule has 0 bridgehead atoms. The van der Waals surface area contributed by atoms with Crippen molar-refractivity contribution in [2.45, 2.75) is 64.4 Å². The first-order valence-electron chi connectivity index (χ1n) is 7.89. The molecule has 0 fully saturated rings. The van der Waals surface area contributed by atoms with Crippen molar-refractivity contribution in [1.82, 2.24) is 0 Å². The molecule has 0 rings (SSSR count). The van der Waals surface area contributed by atoms with Crippen LogP contribution in [0.2, 0.25) is 0 Å². The summed E-state index contributed by atoms with van der Waals surface area (Å²) >= 11 is 0. The van der Waals surface area contributed by atoms with E-state index >= 15 is 0 Å². The summed E-state index contributed by atoms with van der Waals surface area (Å²) in [6.07, 6.45) is 20.1. The molecule has 120 valence electrons. The molecule has 0 saturated heterocycles. The van der Waals surface area contributed by atoms with E-state index < -0.39 is 5.97 Å². The number of carbonyl (C=O) groups is 1. The van der Waals surface area contributed by atoms with E-state index in [9.17, 15) is 4.79 Å². The van der Waals surface area contributed by atoms with Gasteiger partial charge in [-0.3, -0.25) is 4.79 Å². The van der Waals surface area contributed by atoms with E-state index in [4.69, 9.17) is 9.84 Å². The smallest absolute Gasteiger partial charge is 0.303 e. The predicted octanol–water partition coefficient (Wildman–Crippen LogP) is 4.90. The van der Waals surface area contributed by atoms with E-state index in [2.05, 4.69) is 24.3 Å². The summed E-state index contributed by atoms with van der Waals surface area (Å²) in [6, 6.07) is 0. The van der Waals surface area contributed by atoms with Gasteiger partial charge in [0, 0.05) is 13.5 Å². The highest BCUT2D eigenvalue weighted by Gasteiger charge is 2.02. The Balaban J connectivity index is 3.63. The molecule has 0 radical (unpaired) electrons. The van der Waals surface area contributed by atoms with Crippen molar-refractivity contribution in [3.63, 3.8) is 0 Å². The Bertz CT molecular complexity index is 329. The van der Waals surface area contributed by atoms with Crippen molar-refractivity contribution in [2.24, 2.45) is 0 Å². The van der Waals surface area contributed by atoms with Gasteiger partial charge in [-0.1, -0.05) is 62.1 Å². The summed E-state index contributed by atoms with van der Waals surface area (Å²) in [5.41, 5.74) is 0. The third-order valence-corrected chi connectivity index (χ3v) is 3.26. The van der Waals surface area contributed by atoms with Gasteiger partial charge in [0.15, 0.2) is 0 Å². The van der Waals surface area contributed by atoms with E-state index in [1.54, 1.807) is 7.11 Å². The van der Waals surface area contributed by atoms with Gasteiger partial charge >= 0.3 is 5.97 Å². The largest absolute Gasteiger partial charge is 0.481 e. The number of aliphatic carboxylic acids is 1. The van der Waals surface area contributed by atoms with Crippen LogP contribution in [-0.2, 0) is 9.53 Å². The minimum Gasteiger partial charge on any atom is -0.481 e. The number of ether oxygens (including phenoxy) is 1. The Labute approximate surface area is 129 Å². The van der Waals surface area contributed by atoms with E-state index in [0.29, 0.717) is 6.42 Å². The summed E-state index contributed by atoms with van der Waals surface area (Å²) in [5, 5.41) is 8.54. The topological polar surface area (TPSA) is 46.5 Å². The van der Waals surface area contributed by atoms with Crippen molar-refractivity contribution in [2.75, 3.05) is 7.11 Å². The lowest BCUT2D eigenvalue weighted by atomic mass is 10.1. The first kappa shape index (κ1) is 19.7. The maximum atomic E-state index is 10.4. The molecule has 0 aliphatic rings. The molecular formula is C18H30O3. The molecular weight excluding hydrogens is 264 g/mol. The summed E-state index contributed by atoms with van der Waals surface area (Å²) < 4.78 is 5.42. The Hall–Kier alpha value is -1.35. The summed E-state index contributed by atoms with van der Waals surface area (Å²) in [6.45, 7) is 2.02. The standard InChI is InChI=1S/C18H30O3/c1-3-4-5-6-8-11-14-17(21-2)15-12-9-7-10-13-16-18(19)20/h3-4,6,8,11,14,17H,5,7,9-10,12-13,15-16H2,1-2H3,(H,19,20). The summed E-state index contributed by atoms with van der Waals surface area (Å²) in [7, 11) is 1.74. The normalized spacial score (nSPS) is 13.6. The number of hydrogen-bond acceptors (Lipinski definition) is 2. The zero-order chi connectivity index (χ0) is 15.8. The van der Waals surface area contributed by atoms with E-state index in [-0.39, 0.29) is 6.10 Å². The lowest BCUT2D eigenvalue weighted by Crippen LogP contribution is -2.06. The van der Waals surface area contributed by atoms with Crippen LogP contribution in [0.3, 0.4) is 0 Å². The molecule has 0 aliphatic heterocycles. The molecule has 1 N–H and O–H groups in total. The molecule has 0 aromatic rings. The molecule has 0 aliphatic carbocycles. The van der Waals surface area contributed by atoms with Crippen LogP contribution in [0.5, 0.6) is 0 Å².